The molecular formula is C17H18N6. The molecule has 6 nitrogen and oxygen atoms in total. The second-order valence-electron chi connectivity index (χ2n) is 4.91. The predicted molar refractivity (Wildman–Crippen MR) is 91.0 cm³/mol. The lowest BCUT2D eigenvalue weighted by Gasteiger charge is -2.10. The van der Waals surface area contributed by atoms with Gasteiger partial charge in [0.2, 0.25) is 5.95 Å². The number of hydrogen-bond acceptors (Lipinski definition) is 6. The van der Waals surface area contributed by atoms with E-state index in [9.17, 15) is 0 Å². The summed E-state index contributed by atoms with van der Waals surface area (Å²) < 4.78 is 0. The van der Waals surface area contributed by atoms with Gasteiger partial charge in [0.05, 0.1) is 17.9 Å². The van der Waals surface area contributed by atoms with E-state index in [1.165, 1.54) is 0 Å². The van der Waals surface area contributed by atoms with Crippen molar-refractivity contribution in [3.63, 3.8) is 0 Å². The topological polar surface area (TPSA) is 75.6 Å². The molecule has 0 radical (unpaired) electrons. The van der Waals surface area contributed by atoms with Crippen molar-refractivity contribution in [2.24, 2.45) is 0 Å². The average molecular weight is 306 g/mol. The molecule has 23 heavy (non-hydrogen) atoms. The van der Waals surface area contributed by atoms with Crippen LogP contribution >= 0.6 is 0 Å². The van der Waals surface area contributed by atoms with Gasteiger partial charge >= 0.3 is 0 Å². The van der Waals surface area contributed by atoms with Crippen LogP contribution in [0.5, 0.6) is 0 Å². The third-order valence-electron chi connectivity index (χ3n) is 3.20. The first kappa shape index (κ1) is 14.9. The van der Waals surface area contributed by atoms with Crippen molar-refractivity contribution in [1.82, 2.24) is 19.9 Å². The van der Waals surface area contributed by atoms with Gasteiger partial charge in [-0.3, -0.25) is 9.97 Å². The lowest BCUT2D eigenvalue weighted by Crippen LogP contribution is -2.08. The van der Waals surface area contributed by atoms with Crippen LogP contribution in [0, 0.1) is 0 Å². The number of hydrogen-bond donors (Lipinski definition) is 2. The number of aromatic nitrogens is 4. The quantitative estimate of drug-likeness (QED) is 0.729. The second-order valence-corrected chi connectivity index (χ2v) is 4.91. The van der Waals surface area contributed by atoms with Gasteiger partial charge in [0.25, 0.3) is 0 Å². The molecule has 6 heteroatoms. The van der Waals surface area contributed by atoms with Crippen LogP contribution in [0.25, 0.3) is 11.3 Å². The van der Waals surface area contributed by atoms with E-state index in [1.807, 2.05) is 43.3 Å². The van der Waals surface area contributed by atoms with Crippen LogP contribution in [-0.2, 0) is 6.54 Å². The van der Waals surface area contributed by atoms with Gasteiger partial charge < -0.3 is 10.6 Å². The summed E-state index contributed by atoms with van der Waals surface area (Å²) in [6.07, 6.45) is 5.32. The number of anilines is 2. The SMILES string of the molecule is CCNc1nc(NCc2ccccn2)cc(-c2cccnc2)n1. The number of nitrogens with one attached hydrogen (secondary N) is 2. The molecule has 0 saturated heterocycles. The summed E-state index contributed by atoms with van der Waals surface area (Å²) in [7, 11) is 0. The highest BCUT2D eigenvalue weighted by atomic mass is 15.1. The van der Waals surface area contributed by atoms with Gasteiger partial charge in [0.1, 0.15) is 5.82 Å². The molecule has 3 heterocycles. The van der Waals surface area contributed by atoms with Crippen molar-refractivity contribution in [3.8, 4) is 11.3 Å². The predicted octanol–water partition coefficient (Wildman–Crippen LogP) is 2.98. The molecular weight excluding hydrogens is 288 g/mol. The van der Waals surface area contributed by atoms with Crippen LogP contribution in [0.4, 0.5) is 11.8 Å². The van der Waals surface area contributed by atoms with Crippen molar-refractivity contribution >= 4 is 11.8 Å². The smallest absolute Gasteiger partial charge is 0.225 e. The van der Waals surface area contributed by atoms with Gasteiger partial charge in [-0.15, -0.1) is 0 Å². The number of rotatable bonds is 6. The van der Waals surface area contributed by atoms with Gasteiger partial charge in [-0.1, -0.05) is 6.07 Å². The summed E-state index contributed by atoms with van der Waals surface area (Å²) in [5.74, 6) is 1.35. The standard InChI is InChI=1S/C17H18N6/c1-2-19-17-22-15(13-6-5-8-18-11-13)10-16(23-17)21-12-14-7-3-4-9-20-14/h3-11H,2,12H2,1H3,(H2,19,21,22,23). The summed E-state index contributed by atoms with van der Waals surface area (Å²) in [6, 6.07) is 11.6. The van der Waals surface area contributed by atoms with Crippen LogP contribution in [0.1, 0.15) is 12.6 Å². The molecule has 0 bridgehead atoms. The molecule has 0 unspecified atom stereocenters. The zero-order chi connectivity index (χ0) is 15.9. The van der Waals surface area contributed by atoms with E-state index < -0.39 is 0 Å². The van der Waals surface area contributed by atoms with Crippen LogP contribution in [-0.4, -0.2) is 26.5 Å². The molecule has 2 N–H and O–H groups in total. The first-order valence-corrected chi connectivity index (χ1v) is 7.52. The van der Waals surface area contributed by atoms with E-state index in [0.717, 1.165) is 29.3 Å². The van der Waals surface area contributed by atoms with Gasteiger partial charge in [-0.25, -0.2) is 4.98 Å². The van der Waals surface area contributed by atoms with Crippen molar-refractivity contribution < 1.29 is 0 Å². The van der Waals surface area contributed by atoms with Gasteiger partial charge in [0.15, 0.2) is 0 Å². The van der Waals surface area contributed by atoms with E-state index >= 15 is 0 Å². The Bertz CT molecular complexity index is 746. The summed E-state index contributed by atoms with van der Waals surface area (Å²) >= 11 is 0. The molecule has 116 valence electrons. The van der Waals surface area contributed by atoms with Gasteiger partial charge in [0, 0.05) is 36.8 Å². The molecule has 0 aromatic carbocycles. The maximum atomic E-state index is 4.53. The molecule has 3 aromatic rings. The van der Waals surface area contributed by atoms with Gasteiger partial charge in [-0.2, -0.15) is 4.98 Å². The van der Waals surface area contributed by atoms with E-state index in [-0.39, 0.29) is 0 Å². The molecule has 0 atom stereocenters. The fourth-order valence-electron chi connectivity index (χ4n) is 2.12. The van der Waals surface area contributed by atoms with Crippen molar-refractivity contribution in [2.75, 3.05) is 17.2 Å². The van der Waals surface area contributed by atoms with Crippen molar-refractivity contribution in [3.05, 3.63) is 60.7 Å². The Morgan fingerprint density at radius 2 is 1.96 bits per heavy atom. The lowest BCUT2D eigenvalue weighted by atomic mass is 10.2. The second kappa shape index (κ2) is 7.31. The Labute approximate surface area is 135 Å². The highest BCUT2D eigenvalue weighted by Gasteiger charge is 2.06. The first-order valence-electron chi connectivity index (χ1n) is 7.52. The molecule has 0 aliphatic carbocycles. The summed E-state index contributed by atoms with van der Waals surface area (Å²) in [5, 5.41) is 6.45. The van der Waals surface area contributed by atoms with Crippen LogP contribution in [0.15, 0.2) is 55.0 Å². The minimum atomic E-state index is 0.595. The third kappa shape index (κ3) is 4.00. The Hall–Kier alpha value is -3.02. The zero-order valence-electron chi connectivity index (χ0n) is 12.9. The van der Waals surface area contributed by atoms with Gasteiger partial charge in [-0.05, 0) is 31.2 Å². The fraction of sp³-hybridized carbons (Fsp3) is 0.176. The summed E-state index contributed by atoms with van der Waals surface area (Å²) in [5.41, 5.74) is 2.74. The molecule has 3 aromatic heterocycles. The minimum Gasteiger partial charge on any atom is -0.364 e. The van der Waals surface area contributed by atoms with E-state index in [2.05, 4.69) is 30.6 Å². The Morgan fingerprint density at radius 3 is 2.70 bits per heavy atom. The largest absolute Gasteiger partial charge is 0.364 e. The Kier molecular flexibility index (Phi) is 4.73. The fourth-order valence-corrected chi connectivity index (χ4v) is 2.12. The van der Waals surface area contributed by atoms with E-state index in [0.29, 0.717) is 12.5 Å². The first-order chi connectivity index (χ1) is 11.3. The molecule has 0 saturated carbocycles. The Morgan fingerprint density at radius 1 is 1.00 bits per heavy atom. The molecule has 0 aliphatic rings. The van der Waals surface area contributed by atoms with Crippen LogP contribution in [0.3, 0.4) is 0 Å². The molecule has 0 amide bonds. The van der Waals surface area contributed by atoms with E-state index in [1.54, 1.807) is 18.6 Å². The normalized spacial score (nSPS) is 10.3. The van der Waals surface area contributed by atoms with Crippen molar-refractivity contribution in [2.45, 2.75) is 13.5 Å². The molecule has 0 spiro atoms. The number of pyridine rings is 2. The highest BCUT2D eigenvalue weighted by molar-refractivity contribution is 5.63. The molecule has 3 rings (SSSR count). The maximum absolute atomic E-state index is 4.53. The third-order valence-corrected chi connectivity index (χ3v) is 3.20. The summed E-state index contributed by atoms with van der Waals surface area (Å²) in [4.78, 5) is 17.5. The minimum absolute atomic E-state index is 0.595. The average Bonchev–Trinajstić information content (AvgIpc) is 2.62. The molecule has 0 aliphatic heterocycles. The number of nitrogens with zero attached hydrogens (tertiary/aromatic N) is 4. The maximum Gasteiger partial charge on any atom is 0.225 e. The Balaban J connectivity index is 1.85. The van der Waals surface area contributed by atoms with Crippen LogP contribution in [0.2, 0.25) is 0 Å². The monoisotopic (exact) mass is 306 g/mol. The van der Waals surface area contributed by atoms with Crippen LogP contribution < -0.4 is 10.6 Å². The van der Waals surface area contributed by atoms with E-state index in [4.69, 9.17) is 0 Å². The summed E-state index contributed by atoms with van der Waals surface area (Å²) in [6.45, 7) is 3.38. The molecule has 0 fully saturated rings. The lowest BCUT2D eigenvalue weighted by molar-refractivity contribution is 1.01. The highest BCUT2D eigenvalue weighted by Crippen LogP contribution is 2.20. The zero-order valence-corrected chi connectivity index (χ0v) is 12.9. The van der Waals surface area contributed by atoms with Crippen molar-refractivity contribution in [1.29, 1.82) is 0 Å².